The fourth-order valence-electron chi connectivity index (χ4n) is 2.79. The molecule has 0 amide bonds. The number of esters is 1. The van der Waals surface area contributed by atoms with Crippen molar-refractivity contribution in [2.45, 2.75) is 20.4 Å². The van der Waals surface area contributed by atoms with Crippen molar-refractivity contribution in [3.8, 4) is 17.2 Å². The monoisotopic (exact) mass is 319 g/mol. The molecule has 0 N–H and O–H groups in total. The predicted molar refractivity (Wildman–Crippen MR) is 91.5 cm³/mol. The van der Waals surface area contributed by atoms with Gasteiger partial charge in [0.15, 0.2) is 0 Å². The number of fused-ring (bicyclic) bond motifs is 1. The maximum atomic E-state index is 12.1. The van der Waals surface area contributed by atoms with Gasteiger partial charge >= 0.3 is 5.97 Å². The summed E-state index contributed by atoms with van der Waals surface area (Å²) in [4.78, 5) is 16.4. The fourth-order valence-corrected chi connectivity index (χ4v) is 2.79. The molecule has 24 heavy (non-hydrogen) atoms. The second kappa shape index (κ2) is 6.55. The number of nitriles is 1. The summed E-state index contributed by atoms with van der Waals surface area (Å²) in [7, 11) is 0. The van der Waals surface area contributed by atoms with Crippen LogP contribution in [0.25, 0.3) is 22.0 Å². The van der Waals surface area contributed by atoms with Crippen molar-refractivity contribution in [1.82, 2.24) is 9.55 Å². The second-order valence-corrected chi connectivity index (χ2v) is 5.45. The first-order valence-electron chi connectivity index (χ1n) is 7.74. The molecule has 5 nitrogen and oxygen atoms in total. The third-order valence-electron chi connectivity index (χ3n) is 3.84. The number of carbonyl (C=O) groups is 1. The van der Waals surface area contributed by atoms with Crippen LogP contribution in [0.2, 0.25) is 0 Å². The zero-order chi connectivity index (χ0) is 17.1. The van der Waals surface area contributed by atoms with E-state index in [-0.39, 0.29) is 6.54 Å². The SMILES string of the molecule is CCOC(=O)c1cc2cc(-c3ccnc(C)c3)ccc2n1CC#N. The van der Waals surface area contributed by atoms with Crippen molar-refractivity contribution in [1.29, 1.82) is 5.26 Å². The molecule has 2 heterocycles. The van der Waals surface area contributed by atoms with Crippen molar-refractivity contribution in [3.63, 3.8) is 0 Å². The van der Waals surface area contributed by atoms with Crippen LogP contribution in [0.15, 0.2) is 42.6 Å². The van der Waals surface area contributed by atoms with Gasteiger partial charge in [-0.1, -0.05) is 6.07 Å². The number of aryl methyl sites for hydroxylation is 1. The van der Waals surface area contributed by atoms with Crippen LogP contribution in [-0.2, 0) is 11.3 Å². The molecule has 1 aromatic carbocycles. The van der Waals surface area contributed by atoms with Crippen LogP contribution in [0.4, 0.5) is 0 Å². The standard InChI is InChI=1S/C19H17N3O2/c1-3-24-19(23)18-12-16-11-14(15-6-8-21-13(2)10-15)4-5-17(16)22(18)9-7-20/h4-6,8,10-12H,3,9H2,1-2H3. The molecule has 0 saturated heterocycles. The highest BCUT2D eigenvalue weighted by Gasteiger charge is 2.17. The molecule has 0 bridgehead atoms. The molecular weight excluding hydrogens is 302 g/mol. The normalized spacial score (nSPS) is 10.5. The molecule has 0 unspecified atom stereocenters. The van der Waals surface area contributed by atoms with Gasteiger partial charge in [0.25, 0.3) is 0 Å². The van der Waals surface area contributed by atoms with Gasteiger partial charge < -0.3 is 9.30 Å². The summed E-state index contributed by atoms with van der Waals surface area (Å²) < 4.78 is 6.79. The van der Waals surface area contributed by atoms with E-state index in [1.165, 1.54) is 0 Å². The lowest BCUT2D eigenvalue weighted by molar-refractivity contribution is 0.0515. The van der Waals surface area contributed by atoms with Crippen LogP contribution in [0.1, 0.15) is 23.1 Å². The van der Waals surface area contributed by atoms with Crippen LogP contribution in [0.3, 0.4) is 0 Å². The van der Waals surface area contributed by atoms with Gasteiger partial charge in [0, 0.05) is 22.8 Å². The van der Waals surface area contributed by atoms with Gasteiger partial charge in [0.2, 0.25) is 0 Å². The van der Waals surface area contributed by atoms with E-state index in [1.807, 2.05) is 37.3 Å². The first-order chi connectivity index (χ1) is 11.6. The highest BCUT2D eigenvalue weighted by Crippen LogP contribution is 2.27. The Labute approximate surface area is 140 Å². The minimum Gasteiger partial charge on any atom is -0.461 e. The molecule has 0 radical (unpaired) electrons. The molecule has 0 atom stereocenters. The number of hydrogen-bond donors (Lipinski definition) is 0. The van der Waals surface area contributed by atoms with Crippen molar-refractivity contribution >= 4 is 16.9 Å². The topological polar surface area (TPSA) is 67.9 Å². The van der Waals surface area contributed by atoms with E-state index < -0.39 is 5.97 Å². The summed E-state index contributed by atoms with van der Waals surface area (Å²) in [5.74, 6) is -0.412. The molecule has 2 aromatic heterocycles. The number of pyridine rings is 1. The van der Waals surface area contributed by atoms with Gasteiger partial charge in [-0.2, -0.15) is 5.26 Å². The summed E-state index contributed by atoms with van der Waals surface area (Å²) in [5, 5.41) is 9.97. The third-order valence-corrected chi connectivity index (χ3v) is 3.84. The van der Waals surface area contributed by atoms with E-state index >= 15 is 0 Å². The van der Waals surface area contributed by atoms with Crippen molar-refractivity contribution in [2.24, 2.45) is 0 Å². The first kappa shape index (κ1) is 15.8. The van der Waals surface area contributed by atoms with E-state index in [9.17, 15) is 4.79 Å². The Bertz CT molecular complexity index is 951. The first-order valence-corrected chi connectivity index (χ1v) is 7.74. The van der Waals surface area contributed by atoms with Gasteiger partial charge in [-0.3, -0.25) is 4.98 Å². The molecule has 0 aliphatic rings. The molecule has 0 spiro atoms. The molecule has 3 rings (SSSR count). The maximum Gasteiger partial charge on any atom is 0.355 e. The second-order valence-electron chi connectivity index (χ2n) is 5.45. The summed E-state index contributed by atoms with van der Waals surface area (Å²) in [6.07, 6.45) is 1.78. The van der Waals surface area contributed by atoms with Crippen LogP contribution in [-0.4, -0.2) is 22.1 Å². The van der Waals surface area contributed by atoms with Gasteiger partial charge in [-0.25, -0.2) is 4.79 Å². The van der Waals surface area contributed by atoms with Crippen LogP contribution in [0, 0.1) is 18.3 Å². The van der Waals surface area contributed by atoms with Gasteiger partial charge in [0.1, 0.15) is 12.2 Å². The van der Waals surface area contributed by atoms with Gasteiger partial charge in [-0.05, 0) is 55.3 Å². The minimum atomic E-state index is -0.412. The Kier molecular flexibility index (Phi) is 4.30. The molecule has 3 aromatic rings. The Morgan fingerprint density at radius 3 is 2.75 bits per heavy atom. The Morgan fingerprint density at radius 2 is 2.04 bits per heavy atom. The smallest absolute Gasteiger partial charge is 0.355 e. The van der Waals surface area contributed by atoms with Crippen molar-refractivity contribution in [3.05, 3.63) is 54.0 Å². The zero-order valence-electron chi connectivity index (χ0n) is 13.6. The van der Waals surface area contributed by atoms with Gasteiger partial charge in [-0.15, -0.1) is 0 Å². The van der Waals surface area contributed by atoms with Crippen molar-refractivity contribution < 1.29 is 9.53 Å². The number of ether oxygens (including phenoxy) is 1. The lowest BCUT2D eigenvalue weighted by Crippen LogP contribution is -2.11. The largest absolute Gasteiger partial charge is 0.461 e. The van der Waals surface area contributed by atoms with E-state index in [1.54, 1.807) is 23.8 Å². The number of benzene rings is 1. The Morgan fingerprint density at radius 1 is 1.25 bits per heavy atom. The lowest BCUT2D eigenvalue weighted by Gasteiger charge is -2.06. The predicted octanol–water partition coefficient (Wildman–Crippen LogP) is 3.71. The third kappa shape index (κ3) is 2.86. The van der Waals surface area contributed by atoms with E-state index in [0.717, 1.165) is 27.7 Å². The number of hydrogen-bond acceptors (Lipinski definition) is 4. The molecule has 5 heteroatoms. The summed E-state index contributed by atoms with van der Waals surface area (Å²) in [6, 6.07) is 13.8. The van der Waals surface area contributed by atoms with Crippen molar-refractivity contribution in [2.75, 3.05) is 6.61 Å². The average Bonchev–Trinajstić information content (AvgIpc) is 2.93. The van der Waals surface area contributed by atoms with E-state index in [4.69, 9.17) is 10.00 Å². The van der Waals surface area contributed by atoms with Gasteiger partial charge in [0.05, 0.1) is 12.7 Å². The number of carbonyl (C=O) groups excluding carboxylic acids is 1. The molecular formula is C19H17N3O2. The van der Waals surface area contributed by atoms with Crippen LogP contribution >= 0.6 is 0 Å². The molecule has 0 fully saturated rings. The van der Waals surface area contributed by atoms with Crippen LogP contribution in [0.5, 0.6) is 0 Å². The minimum absolute atomic E-state index is 0.103. The fraction of sp³-hybridized carbons (Fsp3) is 0.211. The summed E-state index contributed by atoms with van der Waals surface area (Å²) >= 11 is 0. The Balaban J connectivity index is 2.13. The molecule has 120 valence electrons. The molecule has 0 aliphatic carbocycles. The van der Waals surface area contributed by atoms with Crippen LogP contribution < -0.4 is 0 Å². The average molecular weight is 319 g/mol. The lowest BCUT2D eigenvalue weighted by atomic mass is 10.0. The number of nitrogens with zero attached hydrogens (tertiary/aromatic N) is 3. The highest BCUT2D eigenvalue weighted by atomic mass is 16.5. The Hall–Kier alpha value is -3.13. The zero-order valence-corrected chi connectivity index (χ0v) is 13.6. The highest BCUT2D eigenvalue weighted by molar-refractivity contribution is 5.97. The molecule has 0 saturated carbocycles. The number of rotatable bonds is 4. The summed E-state index contributed by atoms with van der Waals surface area (Å²) in [5.41, 5.74) is 4.29. The quantitative estimate of drug-likeness (QED) is 0.687. The number of aromatic nitrogens is 2. The summed E-state index contributed by atoms with van der Waals surface area (Å²) in [6.45, 7) is 4.11. The molecule has 0 aliphatic heterocycles. The van der Waals surface area contributed by atoms with E-state index in [0.29, 0.717) is 12.3 Å². The van der Waals surface area contributed by atoms with E-state index in [2.05, 4.69) is 11.1 Å². The maximum absolute atomic E-state index is 12.1.